The second-order valence-electron chi connectivity index (χ2n) is 3.84. The summed E-state index contributed by atoms with van der Waals surface area (Å²) in [6, 6.07) is 8.49. The van der Waals surface area contributed by atoms with Gasteiger partial charge in [0.25, 0.3) is 0 Å². The predicted molar refractivity (Wildman–Crippen MR) is 71.2 cm³/mol. The minimum atomic E-state index is 0.402. The topological polar surface area (TPSA) is 35.0 Å². The zero-order chi connectivity index (χ0) is 12.4. The second-order valence-corrected chi connectivity index (χ2v) is 4.76. The maximum atomic E-state index is 5.09. The van der Waals surface area contributed by atoms with Gasteiger partial charge in [0.05, 0.1) is 12.8 Å². The largest absolute Gasteiger partial charge is 0.467 e. The summed E-state index contributed by atoms with van der Waals surface area (Å²) in [4.78, 5) is 8.55. The highest BCUT2D eigenvalue weighted by Crippen LogP contribution is 2.26. The molecule has 0 aliphatic heterocycles. The van der Waals surface area contributed by atoms with Gasteiger partial charge in [-0.15, -0.1) is 0 Å². The number of aromatic nitrogens is 2. The predicted octanol–water partition coefficient (Wildman–Crippen LogP) is 3.53. The van der Waals surface area contributed by atoms with E-state index in [9.17, 15) is 0 Å². The molecule has 0 saturated heterocycles. The monoisotopic (exact) mass is 292 g/mol. The molecule has 0 atom stereocenters. The van der Waals surface area contributed by atoms with Crippen molar-refractivity contribution in [3.8, 4) is 17.3 Å². The van der Waals surface area contributed by atoms with Gasteiger partial charge in [0.1, 0.15) is 0 Å². The highest BCUT2D eigenvalue weighted by atomic mass is 79.9. The van der Waals surface area contributed by atoms with Crippen LogP contribution in [-0.4, -0.2) is 17.1 Å². The maximum absolute atomic E-state index is 5.09. The molecule has 0 aliphatic rings. The van der Waals surface area contributed by atoms with E-state index in [0.717, 1.165) is 21.4 Å². The number of benzene rings is 1. The molecule has 0 radical (unpaired) electrons. The molecular weight excluding hydrogens is 280 g/mol. The van der Waals surface area contributed by atoms with Gasteiger partial charge in [0, 0.05) is 15.7 Å². The van der Waals surface area contributed by atoms with Gasteiger partial charge in [-0.1, -0.05) is 22.0 Å². The number of aryl methyl sites for hydroxylation is 2. The molecule has 4 heteroatoms. The molecule has 2 aromatic rings. The van der Waals surface area contributed by atoms with Crippen LogP contribution in [0.25, 0.3) is 11.3 Å². The maximum Gasteiger partial charge on any atom is 0.316 e. The summed E-state index contributed by atoms with van der Waals surface area (Å²) < 4.78 is 6.13. The molecule has 0 spiro atoms. The van der Waals surface area contributed by atoms with Gasteiger partial charge in [0.15, 0.2) is 0 Å². The second kappa shape index (κ2) is 4.84. The zero-order valence-corrected chi connectivity index (χ0v) is 11.6. The fraction of sp³-hybridized carbons (Fsp3) is 0.231. The molecule has 3 nitrogen and oxygen atoms in total. The number of halogens is 1. The van der Waals surface area contributed by atoms with Gasteiger partial charge >= 0.3 is 6.01 Å². The Morgan fingerprint density at radius 2 is 1.88 bits per heavy atom. The summed E-state index contributed by atoms with van der Waals surface area (Å²) in [6.45, 7) is 3.99. The van der Waals surface area contributed by atoms with Crippen LogP contribution in [0.5, 0.6) is 6.01 Å². The first-order chi connectivity index (χ1) is 8.10. The van der Waals surface area contributed by atoms with Crippen LogP contribution < -0.4 is 4.74 Å². The van der Waals surface area contributed by atoms with E-state index in [2.05, 4.69) is 45.0 Å². The standard InChI is InChI=1S/C13H13BrN2O/c1-8-4-5-10(14)7-11(8)12-6-9(2)15-13(16-12)17-3/h4-7H,1-3H3. The average molecular weight is 293 g/mol. The van der Waals surface area contributed by atoms with Crippen LogP contribution in [0.4, 0.5) is 0 Å². The van der Waals surface area contributed by atoms with Crippen molar-refractivity contribution < 1.29 is 4.74 Å². The third-order valence-electron chi connectivity index (χ3n) is 2.49. The molecule has 0 saturated carbocycles. The smallest absolute Gasteiger partial charge is 0.316 e. The van der Waals surface area contributed by atoms with Crippen LogP contribution in [0.1, 0.15) is 11.3 Å². The highest BCUT2D eigenvalue weighted by Gasteiger charge is 2.07. The fourth-order valence-electron chi connectivity index (χ4n) is 1.64. The van der Waals surface area contributed by atoms with Crippen molar-refractivity contribution in [3.63, 3.8) is 0 Å². The van der Waals surface area contributed by atoms with Gasteiger partial charge in [-0.2, -0.15) is 4.98 Å². The minimum absolute atomic E-state index is 0.402. The Morgan fingerprint density at radius 3 is 2.59 bits per heavy atom. The summed E-state index contributed by atoms with van der Waals surface area (Å²) in [5.74, 6) is 0. The number of hydrogen-bond donors (Lipinski definition) is 0. The van der Waals surface area contributed by atoms with Crippen molar-refractivity contribution in [2.45, 2.75) is 13.8 Å². The number of hydrogen-bond acceptors (Lipinski definition) is 3. The molecule has 0 N–H and O–H groups in total. The lowest BCUT2D eigenvalue weighted by Gasteiger charge is -2.08. The summed E-state index contributed by atoms with van der Waals surface area (Å²) in [5.41, 5.74) is 4.04. The minimum Gasteiger partial charge on any atom is -0.467 e. The van der Waals surface area contributed by atoms with Gasteiger partial charge in [0.2, 0.25) is 0 Å². The Morgan fingerprint density at radius 1 is 1.12 bits per heavy atom. The van der Waals surface area contributed by atoms with Crippen LogP contribution in [0.2, 0.25) is 0 Å². The van der Waals surface area contributed by atoms with Crippen molar-refractivity contribution in [2.75, 3.05) is 7.11 Å². The summed E-state index contributed by atoms with van der Waals surface area (Å²) in [5, 5.41) is 0. The number of methoxy groups -OCH3 is 1. The number of rotatable bonds is 2. The number of ether oxygens (including phenoxy) is 1. The van der Waals surface area contributed by atoms with E-state index >= 15 is 0 Å². The molecule has 1 aromatic heterocycles. The highest BCUT2D eigenvalue weighted by molar-refractivity contribution is 9.10. The zero-order valence-electron chi connectivity index (χ0n) is 9.99. The van der Waals surface area contributed by atoms with Gasteiger partial charge < -0.3 is 4.74 Å². The van der Waals surface area contributed by atoms with Gasteiger partial charge in [-0.05, 0) is 37.6 Å². The number of nitrogens with zero attached hydrogens (tertiary/aromatic N) is 2. The summed E-state index contributed by atoms with van der Waals surface area (Å²) in [7, 11) is 1.58. The third kappa shape index (κ3) is 2.64. The van der Waals surface area contributed by atoms with Crippen LogP contribution in [0.3, 0.4) is 0 Å². The Balaban J connectivity index is 2.59. The van der Waals surface area contributed by atoms with Crippen molar-refractivity contribution in [2.24, 2.45) is 0 Å². The summed E-state index contributed by atoms with van der Waals surface area (Å²) >= 11 is 3.47. The lowest BCUT2D eigenvalue weighted by Crippen LogP contribution is -1.97. The molecule has 0 fully saturated rings. The Kier molecular flexibility index (Phi) is 3.43. The van der Waals surface area contributed by atoms with E-state index < -0.39 is 0 Å². The lowest BCUT2D eigenvalue weighted by atomic mass is 10.1. The molecule has 0 unspecified atom stereocenters. The van der Waals surface area contributed by atoms with Gasteiger partial charge in [-0.25, -0.2) is 4.98 Å². The Bertz CT molecular complexity index is 555. The molecule has 88 valence electrons. The molecule has 2 rings (SSSR count). The fourth-order valence-corrected chi connectivity index (χ4v) is 2.00. The molecule has 1 aromatic carbocycles. The van der Waals surface area contributed by atoms with E-state index in [-0.39, 0.29) is 0 Å². The van der Waals surface area contributed by atoms with Crippen molar-refractivity contribution in [3.05, 3.63) is 40.0 Å². The van der Waals surface area contributed by atoms with E-state index in [1.807, 2.05) is 19.1 Å². The van der Waals surface area contributed by atoms with Crippen LogP contribution in [-0.2, 0) is 0 Å². The van der Waals surface area contributed by atoms with E-state index in [1.54, 1.807) is 7.11 Å². The van der Waals surface area contributed by atoms with Crippen LogP contribution in [0, 0.1) is 13.8 Å². The average Bonchev–Trinajstić information content (AvgIpc) is 2.31. The first-order valence-corrected chi connectivity index (χ1v) is 6.05. The van der Waals surface area contributed by atoms with Crippen molar-refractivity contribution in [1.29, 1.82) is 0 Å². The molecule has 0 amide bonds. The van der Waals surface area contributed by atoms with Crippen LogP contribution in [0.15, 0.2) is 28.7 Å². The first-order valence-electron chi connectivity index (χ1n) is 5.26. The van der Waals surface area contributed by atoms with Crippen molar-refractivity contribution >= 4 is 15.9 Å². The van der Waals surface area contributed by atoms with E-state index in [0.29, 0.717) is 6.01 Å². The summed E-state index contributed by atoms with van der Waals surface area (Å²) in [6.07, 6.45) is 0. The quantitative estimate of drug-likeness (QED) is 0.849. The SMILES string of the molecule is COc1nc(C)cc(-c2cc(Br)ccc2C)n1. The normalized spacial score (nSPS) is 10.4. The first kappa shape index (κ1) is 12.0. The van der Waals surface area contributed by atoms with Gasteiger partial charge in [-0.3, -0.25) is 0 Å². The van der Waals surface area contributed by atoms with Crippen molar-refractivity contribution in [1.82, 2.24) is 9.97 Å². The lowest BCUT2D eigenvalue weighted by molar-refractivity contribution is 0.379. The Hall–Kier alpha value is -1.42. The molecular formula is C13H13BrN2O. The molecule has 1 heterocycles. The van der Waals surface area contributed by atoms with E-state index in [1.165, 1.54) is 5.56 Å². The Labute approximate surface area is 109 Å². The molecule has 0 aliphatic carbocycles. The van der Waals surface area contributed by atoms with Crippen LogP contribution >= 0.6 is 15.9 Å². The van der Waals surface area contributed by atoms with E-state index in [4.69, 9.17) is 4.74 Å². The molecule has 0 bridgehead atoms. The third-order valence-corrected chi connectivity index (χ3v) is 2.99. The molecule has 17 heavy (non-hydrogen) atoms.